The molecule has 1 aromatic carbocycles. The summed E-state index contributed by atoms with van der Waals surface area (Å²) < 4.78 is 37.8. The van der Waals surface area contributed by atoms with E-state index in [1.54, 1.807) is 0 Å². The predicted molar refractivity (Wildman–Crippen MR) is 101 cm³/mol. The second-order valence-corrected chi connectivity index (χ2v) is 6.76. The van der Waals surface area contributed by atoms with E-state index in [-0.39, 0.29) is 11.6 Å². The van der Waals surface area contributed by atoms with Crippen molar-refractivity contribution in [1.29, 1.82) is 0 Å². The average molecular weight is 378 g/mol. The van der Waals surface area contributed by atoms with E-state index in [1.165, 1.54) is 18.1 Å². The highest BCUT2D eigenvalue weighted by Gasteiger charge is 2.25. The molecule has 1 aliphatic heterocycles. The Morgan fingerprint density at radius 3 is 2.59 bits per heavy atom. The van der Waals surface area contributed by atoms with Crippen molar-refractivity contribution in [3.8, 4) is 0 Å². The van der Waals surface area contributed by atoms with E-state index in [0.29, 0.717) is 13.3 Å². The van der Waals surface area contributed by atoms with E-state index in [1.807, 2.05) is 11.8 Å². The molecule has 146 valence electrons. The lowest BCUT2D eigenvalue weighted by Crippen LogP contribution is -2.35. The van der Waals surface area contributed by atoms with Gasteiger partial charge in [0.25, 0.3) is 5.92 Å². The molecule has 1 aliphatic rings. The minimum Gasteiger partial charge on any atom is -0.312 e. The lowest BCUT2D eigenvalue weighted by Gasteiger charge is -2.30. The number of carbonyl (C=O) groups excluding carboxylic acids is 1. The number of pyridine rings is 1. The fourth-order valence-electron chi connectivity index (χ4n) is 3.03. The molecule has 1 amide bonds. The summed E-state index contributed by atoms with van der Waals surface area (Å²) in [6.45, 7) is 7.02. The third-order valence-corrected chi connectivity index (χ3v) is 4.55. The van der Waals surface area contributed by atoms with Gasteiger partial charge in [-0.15, -0.1) is 0 Å². The Balaban J connectivity index is 0.000000199. The summed E-state index contributed by atoms with van der Waals surface area (Å²) in [5.41, 5.74) is 3.43. The minimum atomic E-state index is -3.03. The Bertz CT molecular complexity index is 816. The number of anilines is 1. The minimum absolute atomic E-state index is 0.128. The molecule has 2 aromatic rings. The van der Waals surface area contributed by atoms with Crippen LogP contribution in [0.25, 0.3) is 0 Å². The molecular formula is C21H25F3N2O. The second kappa shape index (κ2) is 8.55. The lowest BCUT2D eigenvalue weighted by atomic mass is 9.98. The van der Waals surface area contributed by atoms with Gasteiger partial charge in [0.1, 0.15) is 5.82 Å². The fraction of sp³-hybridized carbons (Fsp3) is 0.429. The monoisotopic (exact) mass is 378 g/mol. The van der Waals surface area contributed by atoms with E-state index < -0.39 is 17.3 Å². The number of hydrogen-bond acceptors (Lipinski definition) is 2. The summed E-state index contributed by atoms with van der Waals surface area (Å²) in [6.07, 6.45) is 3.76. The SMILES string of the molecule is CCC(=O)N1CCCc2cccc(C)c21.Cc1ncc(C(C)(F)F)cc1F. The number of carbonyl (C=O) groups is 1. The predicted octanol–water partition coefficient (Wildman–Crippen LogP) is 5.33. The first-order valence-corrected chi connectivity index (χ1v) is 9.04. The average Bonchev–Trinajstić information content (AvgIpc) is 2.63. The molecule has 3 rings (SSSR count). The molecule has 6 heteroatoms. The van der Waals surface area contributed by atoms with Gasteiger partial charge in [0.15, 0.2) is 0 Å². The van der Waals surface area contributed by atoms with E-state index >= 15 is 0 Å². The smallest absolute Gasteiger partial charge is 0.272 e. The van der Waals surface area contributed by atoms with Crippen molar-refractivity contribution in [2.24, 2.45) is 0 Å². The van der Waals surface area contributed by atoms with Gasteiger partial charge in [-0.1, -0.05) is 25.1 Å². The summed E-state index contributed by atoms with van der Waals surface area (Å²) in [5, 5.41) is 0. The molecule has 1 aromatic heterocycles. The summed E-state index contributed by atoms with van der Waals surface area (Å²) in [4.78, 5) is 17.3. The van der Waals surface area contributed by atoms with Crippen LogP contribution in [0.4, 0.5) is 18.9 Å². The van der Waals surface area contributed by atoms with Gasteiger partial charge in [-0.3, -0.25) is 9.78 Å². The van der Waals surface area contributed by atoms with Crippen molar-refractivity contribution >= 4 is 11.6 Å². The molecule has 27 heavy (non-hydrogen) atoms. The number of benzene rings is 1. The number of amides is 1. The largest absolute Gasteiger partial charge is 0.312 e. The van der Waals surface area contributed by atoms with E-state index in [0.717, 1.165) is 37.3 Å². The normalized spacial score (nSPS) is 13.5. The van der Waals surface area contributed by atoms with Crippen LogP contribution < -0.4 is 4.90 Å². The van der Waals surface area contributed by atoms with Crippen LogP contribution >= 0.6 is 0 Å². The van der Waals surface area contributed by atoms with E-state index in [9.17, 15) is 18.0 Å². The molecule has 0 bridgehead atoms. The highest BCUT2D eigenvalue weighted by Crippen LogP contribution is 2.30. The topological polar surface area (TPSA) is 33.2 Å². The summed E-state index contributed by atoms with van der Waals surface area (Å²) >= 11 is 0. The van der Waals surface area contributed by atoms with Gasteiger partial charge in [0, 0.05) is 37.3 Å². The van der Waals surface area contributed by atoms with Gasteiger partial charge in [0.05, 0.1) is 5.69 Å². The van der Waals surface area contributed by atoms with Crippen LogP contribution in [0.15, 0.2) is 30.5 Å². The molecule has 2 heterocycles. The van der Waals surface area contributed by atoms with Crippen molar-refractivity contribution < 1.29 is 18.0 Å². The standard InChI is InChI=1S/C13H17NO.C8H8F3N/c1-3-12(15)14-9-5-8-11-7-4-6-10(2)13(11)14;1-5-7(9)3-6(4-12-5)8(2,10)11/h4,6-7H,3,5,8-9H2,1-2H3;3-4H,1-2H3. The maximum Gasteiger partial charge on any atom is 0.272 e. The van der Waals surface area contributed by atoms with E-state index in [4.69, 9.17) is 0 Å². The highest BCUT2D eigenvalue weighted by atomic mass is 19.3. The van der Waals surface area contributed by atoms with Crippen molar-refractivity contribution in [3.05, 3.63) is 58.7 Å². The zero-order valence-corrected chi connectivity index (χ0v) is 16.2. The van der Waals surface area contributed by atoms with Crippen LogP contribution in [0.5, 0.6) is 0 Å². The molecule has 3 nitrogen and oxygen atoms in total. The number of para-hydroxylation sites is 1. The Hall–Kier alpha value is -2.37. The summed E-state index contributed by atoms with van der Waals surface area (Å²) in [7, 11) is 0. The first-order valence-electron chi connectivity index (χ1n) is 9.04. The first-order chi connectivity index (χ1) is 12.6. The van der Waals surface area contributed by atoms with Crippen LogP contribution in [0.3, 0.4) is 0 Å². The second-order valence-electron chi connectivity index (χ2n) is 6.76. The number of fused-ring (bicyclic) bond motifs is 1. The fourth-order valence-corrected chi connectivity index (χ4v) is 3.03. The third kappa shape index (κ3) is 5.08. The molecule has 0 spiro atoms. The van der Waals surface area contributed by atoms with Crippen molar-refractivity contribution in [2.75, 3.05) is 11.4 Å². The van der Waals surface area contributed by atoms with Crippen LogP contribution in [-0.2, 0) is 17.1 Å². The lowest BCUT2D eigenvalue weighted by molar-refractivity contribution is -0.118. The van der Waals surface area contributed by atoms with Gasteiger partial charge < -0.3 is 4.90 Å². The van der Waals surface area contributed by atoms with Crippen molar-refractivity contribution in [1.82, 2.24) is 4.98 Å². The number of rotatable bonds is 2. The van der Waals surface area contributed by atoms with Gasteiger partial charge in [0.2, 0.25) is 5.91 Å². The highest BCUT2D eigenvalue weighted by molar-refractivity contribution is 5.95. The molecule has 0 N–H and O–H groups in total. The van der Waals surface area contributed by atoms with E-state index in [2.05, 4.69) is 30.1 Å². The van der Waals surface area contributed by atoms with Crippen LogP contribution in [0.2, 0.25) is 0 Å². The van der Waals surface area contributed by atoms with Gasteiger partial charge in [-0.05, 0) is 43.9 Å². The first kappa shape index (κ1) is 20.9. The zero-order valence-electron chi connectivity index (χ0n) is 16.2. The number of aryl methyl sites for hydroxylation is 3. The molecule has 0 saturated carbocycles. The summed E-state index contributed by atoms with van der Waals surface area (Å²) in [6, 6.07) is 7.11. The van der Waals surface area contributed by atoms with Crippen LogP contribution in [0, 0.1) is 19.7 Å². The summed E-state index contributed by atoms with van der Waals surface area (Å²) in [5.74, 6) is -3.49. The Morgan fingerprint density at radius 1 is 1.30 bits per heavy atom. The maximum absolute atomic E-state index is 12.7. The third-order valence-electron chi connectivity index (χ3n) is 4.55. The zero-order chi connectivity index (χ0) is 20.2. The van der Waals surface area contributed by atoms with Crippen molar-refractivity contribution in [2.45, 2.75) is 52.9 Å². The van der Waals surface area contributed by atoms with Crippen LogP contribution in [-0.4, -0.2) is 17.4 Å². The van der Waals surface area contributed by atoms with Crippen molar-refractivity contribution in [3.63, 3.8) is 0 Å². The van der Waals surface area contributed by atoms with Gasteiger partial charge >= 0.3 is 0 Å². The molecule has 0 radical (unpaired) electrons. The molecule has 0 unspecified atom stereocenters. The number of aromatic nitrogens is 1. The molecule has 0 atom stereocenters. The van der Waals surface area contributed by atoms with Crippen LogP contribution in [0.1, 0.15) is 49.1 Å². The molecule has 0 fully saturated rings. The maximum atomic E-state index is 12.7. The quantitative estimate of drug-likeness (QED) is 0.708. The number of hydrogen-bond donors (Lipinski definition) is 0. The Labute approximate surface area is 158 Å². The molecule has 0 aliphatic carbocycles. The molecular weight excluding hydrogens is 353 g/mol. The molecule has 0 saturated heterocycles. The Kier molecular flexibility index (Phi) is 6.63. The Morgan fingerprint density at radius 2 is 2.00 bits per heavy atom. The van der Waals surface area contributed by atoms with Gasteiger partial charge in [-0.25, -0.2) is 13.2 Å². The number of nitrogens with zero attached hydrogens (tertiary/aromatic N) is 2. The number of halogens is 3. The number of alkyl halides is 2. The van der Waals surface area contributed by atoms with Gasteiger partial charge in [-0.2, -0.15) is 0 Å².